The molecule has 1 aliphatic rings. The zero-order valence-corrected chi connectivity index (χ0v) is 15.5. The lowest BCUT2D eigenvalue weighted by Gasteiger charge is -2.16. The number of aromatic nitrogens is 3. The van der Waals surface area contributed by atoms with Crippen LogP contribution in [0.1, 0.15) is 28.0 Å². The molecule has 0 spiro atoms. The molecule has 1 aliphatic heterocycles. The number of β-amino-alcohol motifs (C(OH)–C–C–N with tert-alkyl or cyclic N) is 1. The summed E-state index contributed by atoms with van der Waals surface area (Å²) in [6, 6.07) is 3.81. The Morgan fingerprint density at radius 1 is 1.42 bits per heavy atom. The second-order valence-electron chi connectivity index (χ2n) is 6.92. The smallest absolute Gasteiger partial charge is 0.272 e. The monoisotopic (exact) mass is 358 g/mol. The van der Waals surface area contributed by atoms with Gasteiger partial charge in [-0.3, -0.25) is 14.4 Å². The van der Waals surface area contributed by atoms with E-state index in [-0.39, 0.29) is 12.0 Å². The van der Waals surface area contributed by atoms with Crippen molar-refractivity contribution in [2.45, 2.75) is 25.6 Å². The summed E-state index contributed by atoms with van der Waals surface area (Å²) < 4.78 is 1.66. The molecule has 0 aromatic carbocycles. The standard InChI is InChI=1S/C18H26N6O2/c1-22(2)17-13(5-4-7-19-17)9-20-18(26)16-14(10-23(3)21-16)11-24-8-6-15(25)12-24/h4-5,7,10,15,25H,6,8-9,11-12H2,1-3H3,(H,20,26). The van der Waals surface area contributed by atoms with Crippen LogP contribution in [0.15, 0.2) is 24.5 Å². The van der Waals surface area contributed by atoms with E-state index in [1.165, 1.54) is 0 Å². The molecule has 3 heterocycles. The fourth-order valence-corrected chi connectivity index (χ4v) is 3.27. The minimum Gasteiger partial charge on any atom is -0.392 e. The largest absolute Gasteiger partial charge is 0.392 e. The number of hydrogen-bond acceptors (Lipinski definition) is 6. The molecule has 3 rings (SSSR count). The van der Waals surface area contributed by atoms with E-state index in [1.54, 1.807) is 10.9 Å². The first-order chi connectivity index (χ1) is 12.4. The van der Waals surface area contributed by atoms with Crippen LogP contribution in [0.5, 0.6) is 0 Å². The van der Waals surface area contributed by atoms with E-state index in [1.807, 2.05) is 44.4 Å². The number of anilines is 1. The zero-order valence-electron chi connectivity index (χ0n) is 15.5. The van der Waals surface area contributed by atoms with Gasteiger partial charge in [-0.25, -0.2) is 4.98 Å². The van der Waals surface area contributed by atoms with Crippen LogP contribution in [0.25, 0.3) is 0 Å². The maximum atomic E-state index is 12.7. The van der Waals surface area contributed by atoms with E-state index in [9.17, 15) is 9.90 Å². The highest BCUT2D eigenvalue weighted by atomic mass is 16.3. The summed E-state index contributed by atoms with van der Waals surface area (Å²) in [5.74, 6) is 0.633. The van der Waals surface area contributed by atoms with E-state index in [4.69, 9.17) is 0 Å². The number of carbonyl (C=O) groups excluding carboxylic acids is 1. The van der Waals surface area contributed by atoms with E-state index >= 15 is 0 Å². The van der Waals surface area contributed by atoms with Crippen LogP contribution in [0.3, 0.4) is 0 Å². The third-order valence-electron chi connectivity index (χ3n) is 4.49. The lowest BCUT2D eigenvalue weighted by Crippen LogP contribution is -2.27. The molecule has 140 valence electrons. The fourth-order valence-electron chi connectivity index (χ4n) is 3.27. The van der Waals surface area contributed by atoms with Crippen LogP contribution in [0, 0.1) is 0 Å². The Morgan fingerprint density at radius 3 is 2.92 bits per heavy atom. The molecule has 1 atom stereocenters. The summed E-state index contributed by atoms with van der Waals surface area (Å²) in [7, 11) is 5.66. The first-order valence-corrected chi connectivity index (χ1v) is 8.76. The molecule has 1 saturated heterocycles. The van der Waals surface area contributed by atoms with E-state index in [2.05, 4.69) is 20.3 Å². The quantitative estimate of drug-likeness (QED) is 0.776. The van der Waals surface area contributed by atoms with Gasteiger partial charge in [-0.15, -0.1) is 0 Å². The molecule has 8 heteroatoms. The van der Waals surface area contributed by atoms with Crippen molar-refractivity contribution in [3.05, 3.63) is 41.3 Å². The van der Waals surface area contributed by atoms with Crippen LogP contribution in [0.4, 0.5) is 5.82 Å². The summed E-state index contributed by atoms with van der Waals surface area (Å²) in [5.41, 5.74) is 2.26. The number of carbonyl (C=O) groups is 1. The highest BCUT2D eigenvalue weighted by Gasteiger charge is 2.24. The zero-order chi connectivity index (χ0) is 18.7. The minimum atomic E-state index is -0.279. The molecule has 2 aromatic heterocycles. The summed E-state index contributed by atoms with van der Waals surface area (Å²) in [5, 5.41) is 17.0. The van der Waals surface area contributed by atoms with Gasteiger partial charge in [-0.1, -0.05) is 6.07 Å². The minimum absolute atomic E-state index is 0.200. The van der Waals surface area contributed by atoms with Crippen molar-refractivity contribution in [2.75, 3.05) is 32.1 Å². The summed E-state index contributed by atoms with van der Waals surface area (Å²) >= 11 is 0. The molecule has 1 unspecified atom stereocenters. The number of nitrogens with one attached hydrogen (secondary N) is 1. The molecule has 1 amide bonds. The SMILES string of the molecule is CN(C)c1ncccc1CNC(=O)c1nn(C)cc1CN1CCC(O)C1. The number of rotatable bonds is 6. The Balaban J connectivity index is 1.69. The van der Waals surface area contributed by atoms with E-state index in [0.29, 0.717) is 25.3 Å². The molecule has 0 saturated carbocycles. The molecule has 0 bridgehead atoms. The maximum Gasteiger partial charge on any atom is 0.272 e. The Morgan fingerprint density at radius 2 is 2.23 bits per heavy atom. The van der Waals surface area contributed by atoms with Crippen LogP contribution in [-0.4, -0.2) is 64.0 Å². The third kappa shape index (κ3) is 4.20. The topological polar surface area (TPSA) is 86.5 Å². The second-order valence-corrected chi connectivity index (χ2v) is 6.92. The van der Waals surface area contributed by atoms with Gasteiger partial charge in [0.05, 0.1) is 6.10 Å². The van der Waals surface area contributed by atoms with Gasteiger partial charge in [0.2, 0.25) is 0 Å². The van der Waals surface area contributed by atoms with Gasteiger partial charge in [-0.05, 0) is 12.5 Å². The van der Waals surface area contributed by atoms with Gasteiger partial charge < -0.3 is 15.3 Å². The molecular formula is C18H26N6O2. The van der Waals surface area contributed by atoms with Crippen LogP contribution in [0.2, 0.25) is 0 Å². The summed E-state index contributed by atoms with van der Waals surface area (Å²) in [6.45, 7) is 2.47. The van der Waals surface area contributed by atoms with E-state index < -0.39 is 0 Å². The third-order valence-corrected chi connectivity index (χ3v) is 4.49. The Labute approximate surface area is 153 Å². The molecular weight excluding hydrogens is 332 g/mol. The van der Waals surface area contributed by atoms with Gasteiger partial charge in [-0.2, -0.15) is 5.10 Å². The van der Waals surface area contributed by atoms with Gasteiger partial charge in [0.1, 0.15) is 5.82 Å². The molecule has 0 radical (unpaired) electrons. The number of amides is 1. The van der Waals surface area contributed by atoms with Gasteiger partial charge >= 0.3 is 0 Å². The molecule has 26 heavy (non-hydrogen) atoms. The van der Waals surface area contributed by atoms with Crippen LogP contribution >= 0.6 is 0 Å². The van der Waals surface area contributed by atoms with Gasteiger partial charge in [0.15, 0.2) is 5.69 Å². The van der Waals surface area contributed by atoms with Crippen LogP contribution in [-0.2, 0) is 20.1 Å². The normalized spacial score (nSPS) is 17.5. The number of likely N-dealkylation sites (tertiary alicyclic amines) is 1. The molecule has 2 aromatic rings. The highest BCUT2D eigenvalue weighted by molar-refractivity contribution is 5.93. The summed E-state index contributed by atoms with van der Waals surface area (Å²) in [4.78, 5) is 21.1. The van der Waals surface area contributed by atoms with Crippen molar-refractivity contribution in [1.29, 1.82) is 0 Å². The number of aliphatic hydroxyl groups is 1. The number of hydrogen-bond donors (Lipinski definition) is 2. The average molecular weight is 358 g/mol. The predicted octanol–water partition coefficient (Wildman–Crippen LogP) is 0.378. The van der Waals surface area contributed by atoms with Gasteiger partial charge in [0, 0.05) is 70.8 Å². The van der Waals surface area contributed by atoms with Crippen molar-refractivity contribution in [3.63, 3.8) is 0 Å². The molecule has 1 fully saturated rings. The molecule has 8 nitrogen and oxygen atoms in total. The first-order valence-electron chi connectivity index (χ1n) is 8.76. The average Bonchev–Trinajstić information content (AvgIpc) is 3.18. The molecule has 2 N–H and O–H groups in total. The fraction of sp³-hybridized carbons (Fsp3) is 0.500. The first kappa shape index (κ1) is 18.3. The lowest BCUT2D eigenvalue weighted by molar-refractivity contribution is 0.0943. The van der Waals surface area contributed by atoms with Crippen molar-refractivity contribution in [2.24, 2.45) is 7.05 Å². The van der Waals surface area contributed by atoms with Crippen molar-refractivity contribution >= 4 is 11.7 Å². The Bertz CT molecular complexity index is 773. The van der Waals surface area contributed by atoms with Crippen molar-refractivity contribution < 1.29 is 9.90 Å². The lowest BCUT2D eigenvalue weighted by atomic mass is 10.2. The highest BCUT2D eigenvalue weighted by Crippen LogP contribution is 2.17. The Hall–Kier alpha value is -2.45. The van der Waals surface area contributed by atoms with Crippen molar-refractivity contribution in [1.82, 2.24) is 25.0 Å². The second kappa shape index (κ2) is 7.84. The maximum absolute atomic E-state index is 12.7. The number of pyridine rings is 1. The predicted molar refractivity (Wildman–Crippen MR) is 98.8 cm³/mol. The van der Waals surface area contributed by atoms with Crippen molar-refractivity contribution in [3.8, 4) is 0 Å². The van der Waals surface area contributed by atoms with E-state index in [0.717, 1.165) is 29.9 Å². The van der Waals surface area contributed by atoms with Gasteiger partial charge in [0.25, 0.3) is 5.91 Å². The number of aryl methyl sites for hydroxylation is 1. The number of aliphatic hydroxyl groups excluding tert-OH is 1. The summed E-state index contributed by atoms with van der Waals surface area (Å²) in [6.07, 6.45) is 4.10. The number of nitrogens with zero attached hydrogens (tertiary/aromatic N) is 5. The van der Waals surface area contributed by atoms with Crippen LogP contribution < -0.4 is 10.2 Å². The molecule has 0 aliphatic carbocycles. The Kier molecular flexibility index (Phi) is 5.53.